The van der Waals surface area contributed by atoms with Gasteiger partial charge in [0.25, 0.3) is 0 Å². The van der Waals surface area contributed by atoms with Gasteiger partial charge in [-0.2, -0.15) is 0 Å². The Morgan fingerprint density at radius 2 is 2.78 bits per heavy atom. The first-order valence-electron chi connectivity index (χ1n) is 3.20. The number of rotatable bonds is 3. The van der Waals surface area contributed by atoms with Crippen LogP contribution in [0.15, 0.2) is 12.7 Å². The second-order valence-electron chi connectivity index (χ2n) is 1.95. The number of aliphatic carboxylic acids is 1. The van der Waals surface area contributed by atoms with E-state index in [-0.39, 0.29) is 13.3 Å². The molecule has 0 fully saturated rings. The van der Waals surface area contributed by atoms with Crippen molar-refractivity contribution in [1.29, 1.82) is 0 Å². The third-order valence-electron chi connectivity index (χ3n) is 0.935. The standard InChI is InChI=1S/C6H11NO2/c1-3-4-6(2,7)5(8)9/h3H,1,4,7H2,2H3,(H,8,9)/i2D. The Hall–Kier alpha value is -0.830. The van der Waals surface area contributed by atoms with Crippen LogP contribution < -0.4 is 5.73 Å². The Morgan fingerprint density at radius 3 is 2.89 bits per heavy atom. The van der Waals surface area contributed by atoms with Crippen molar-refractivity contribution in [1.82, 2.24) is 0 Å². The number of nitrogens with two attached hydrogens (primary N) is 1. The van der Waals surface area contributed by atoms with E-state index in [1.165, 1.54) is 6.08 Å². The van der Waals surface area contributed by atoms with Gasteiger partial charge in [-0.15, -0.1) is 6.58 Å². The molecule has 0 aromatic heterocycles. The monoisotopic (exact) mass is 130 g/mol. The Balaban J connectivity index is 4.21. The molecule has 0 bridgehead atoms. The van der Waals surface area contributed by atoms with E-state index in [9.17, 15) is 4.79 Å². The maximum Gasteiger partial charge on any atom is 0.323 e. The van der Waals surface area contributed by atoms with Crippen LogP contribution in [0.25, 0.3) is 0 Å². The van der Waals surface area contributed by atoms with E-state index in [2.05, 4.69) is 6.58 Å². The summed E-state index contributed by atoms with van der Waals surface area (Å²) in [4.78, 5) is 10.3. The summed E-state index contributed by atoms with van der Waals surface area (Å²) in [6.45, 7) is 3.02. The van der Waals surface area contributed by atoms with Crippen LogP contribution in [0.5, 0.6) is 0 Å². The molecule has 0 amide bonds. The van der Waals surface area contributed by atoms with Crippen LogP contribution in [0.2, 0.25) is 0 Å². The van der Waals surface area contributed by atoms with Crippen LogP contribution in [-0.2, 0) is 4.79 Å². The minimum atomic E-state index is -1.44. The fraction of sp³-hybridized carbons (Fsp3) is 0.500. The van der Waals surface area contributed by atoms with Crippen LogP contribution in [0, 0.1) is 0 Å². The van der Waals surface area contributed by atoms with E-state index in [1.54, 1.807) is 0 Å². The molecule has 0 aliphatic rings. The summed E-state index contributed by atoms with van der Waals surface area (Å²) in [5.74, 6) is -1.15. The molecule has 0 rings (SSSR count). The van der Waals surface area contributed by atoms with Crippen molar-refractivity contribution in [2.75, 3.05) is 0 Å². The summed E-state index contributed by atoms with van der Waals surface area (Å²) in [5.41, 5.74) is 3.85. The van der Waals surface area contributed by atoms with Crippen molar-refractivity contribution in [2.45, 2.75) is 18.9 Å². The molecule has 0 radical (unpaired) electrons. The zero-order valence-electron chi connectivity index (χ0n) is 6.13. The van der Waals surface area contributed by atoms with Crippen molar-refractivity contribution in [2.24, 2.45) is 5.73 Å². The average molecular weight is 130 g/mol. The molecular formula is C6H11NO2. The molecule has 3 heteroatoms. The van der Waals surface area contributed by atoms with Crippen LogP contribution in [0.4, 0.5) is 0 Å². The SMILES string of the molecule is [2H]CC(N)(CC=C)C(=O)O. The molecule has 3 N–H and O–H groups in total. The van der Waals surface area contributed by atoms with Gasteiger partial charge in [0.15, 0.2) is 0 Å². The summed E-state index contributed by atoms with van der Waals surface area (Å²) in [5, 5.41) is 8.47. The van der Waals surface area contributed by atoms with Gasteiger partial charge < -0.3 is 10.8 Å². The zero-order valence-corrected chi connectivity index (χ0v) is 5.13. The van der Waals surface area contributed by atoms with Gasteiger partial charge in [-0.05, 0) is 13.3 Å². The van der Waals surface area contributed by atoms with Crippen LogP contribution >= 0.6 is 0 Å². The van der Waals surface area contributed by atoms with Crippen molar-refractivity contribution in [3.8, 4) is 0 Å². The normalized spacial score (nSPS) is 17.7. The van der Waals surface area contributed by atoms with E-state index >= 15 is 0 Å². The maximum atomic E-state index is 10.3. The van der Waals surface area contributed by atoms with Gasteiger partial charge in [0.1, 0.15) is 5.54 Å². The van der Waals surface area contributed by atoms with E-state index in [1.807, 2.05) is 0 Å². The third kappa shape index (κ3) is 2.28. The quantitative estimate of drug-likeness (QED) is 0.542. The minimum Gasteiger partial charge on any atom is -0.480 e. The van der Waals surface area contributed by atoms with Crippen molar-refractivity contribution in [3.05, 3.63) is 12.7 Å². The summed E-state index contributed by atoms with van der Waals surface area (Å²) in [6.07, 6.45) is 1.54. The lowest BCUT2D eigenvalue weighted by atomic mass is 10.0. The highest BCUT2D eigenvalue weighted by atomic mass is 16.4. The molecule has 1 unspecified atom stereocenters. The fourth-order valence-electron chi connectivity index (χ4n) is 0.345. The topological polar surface area (TPSA) is 63.3 Å². The van der Waals surface area contributed by atoms with E-state index in [4.69, 9.17) is 12.2 Å². The second kappa shape index (κ2) is 2.64. The van der Waals surface area contributed by atoms with Crippen LogP contribution in [0.3, 0.4) is 0 Å². The summed E-state index contributed by atoms with van der Waals surface area (Å²) >= 11 is 0. The molecule has 0 spiro atoms. The van der Waals surface area contributed by atoms with Crippen molar-refractivity contribution < 1.29 is 11.3 Å². The van der Waals surface area contributed by atoms with Crippen LogP contribution in [-0.4, -0.2) is 16.6 Å². The molecule has 1 atom stereocenters. The number of hydrogen-bond acceptors (Lipinski definition) is 2. The molecule has 0 heterocycles. The first-order chi connectivity index (χ1) is 4.56. The van der Waals surface area contributed by atoms with Gasteiger partial charge in [0, 0.05) is 1.37 Å². The Kier molecular flexibility index (Phi) is 1.85. The molecule has 52 valence electrons. The molecule has 0 aliphatic heterocycles. The molecule has 0 aromatic carbocycles. The molecule has 9 heavy (non-hydrogen) atoms. The molecule has 0 aromatic rings. The highest BCUT2D eigenvalue weighted by molar-refractivity contribution is 5.78. The molecule has 0 saturated heterocycles. The summed E-state index contributed by atoms with van der Waals surface area (Å²) in [7, 11) is 0. The Labute approximate surface area is 55.6 Å². The average Bonchev–Trinajstić information content (AvgIpc) is 1.88. The Morgan fingerprint density at radius 1 is 2.22 bits per heavy atom. The van der Waals surface area contributed by atoms with Crippen molar-refractivity contribution in [3.63, 3.8) is 0 Å². The van der Waals surface area contributed by atoms with Gasteiger partial charge in [-0.1, -0.05) is 6.08 Å². The Bertz CT molecular complexity index is 149. The van der Waals surface area contributed by atoms with Crippen LogP contribution in [0.1, 0.15) is 14.7 Å². The predicted molar refractivity (Wildman–Crippen MR) is 35.0 cm³/mol. The van der Waals surface area contributed by atoms with Crippen molar-refractivity contribution >= 4 is 5.97 Å². The number of carboxylic acid groups (broad SMARTS) is 1. The predicted octanol–water partition coefficient (Wildman–Crippen LogP) is 0.365. The smallest absolute Gasteiger partial charge is 0.323 e. The van der Waals surface area contributed by atoms with Gasteiger partial charge in [-0.25, -0.2) is 0 Å². The number of carboxylic acids is 1. The van der Waals surface area contributed by atoms with Gasteiger partial charge in [0.05, 0.1) is 0 Å². The minimum absolute atomic E-state index is 0.131. The van der Waals surface area contributed by atoms with Gasteiger partial charge >= 0.3 is 5.97 Å². The number of carbonyl (C=O) groups is 1. The fourth-order valence-corrected chi connectivity index (χ4v) is 0.345. The molecular weight excluding hydrogens is 118 g/mol. The second-order valence-corrected chi connectivity index (χ2v) is 1.95. The van der Waals surface area contributed by atoms with Gasteiger partial charge in [0.2, 0.25) is 0 Å². The molecule has 3 nitrogen and oxygen atoms in total. The van der Waals surface area contributed by atoms with E-state index in [0.29, 0.717) is 0 Å². The number of hydrogen-bond donors (Lipinski definition) is 2. The summed E-state index contributed by atoms with van der Waals surface area (Å²) in [6, 6.07) is 0. The first kappa shape index (κ1) is 6.29. The first-order valence-corrected chi connectivity index (χ1v) is 2.49. The lowest BCUT2D eigenvalue weighted by Crippen LogP contribution is -2.44. The van der Waals surface area contributed by atoms with E-state index in [0.717, 1.165) is 0 Å². The highest BCUT2D eigenvalue weighted by Gasteiger charge is 2.25. The summed E-state index contributed by atoms with van der Waals surface area (Å²) < 4.78 is 6.84. The third-order valence-corrected chi connectivity index (χ3v) is 0.935. The lowest BCUT2D eigenvalue weighted by Gasteiger charge is -2.15. The molecule has 0 aliphatic carbocycles. The zero-order chi connectivity index (χ0) is 8.20. The van der Waals surface area contributed by atoms with E-state index < -0.39 is 11.5 Å². The highest BCUT2D eigenvalue weighted by Crippen LogP contribution is 2.04. The molecule has 0 saturated carbocycles. The maximum absolute atomic E-state index is 10.3. The van der Waals surface area contributed by atoms with Gasteiger partial charge in [-0.3, -0.25) is 4.79 Å². The largest absolute Gasteiger partial charge is 0.480 e. The lowest BCUT2D eigenvalue weighted by molar-refractivity contribution is -0.142.